The normalized spacial score (nSPS) is 15.2. The smallest absolute Gasteiger partial charge is 0.303 e. The van der Waals surface area contributed by atoms with Crippen molar-refractivity contribution in [3.63, 3.8) is 0 Å². The van der Waals surface area contributed by atoms with E-state index in [9.17, 15) is 18.0 Å². The summed E-state index contributed by atoms with van der Waals surface area (Å²) in [5.41, 5.74) is 2.47. The predicted molar refractivity (Wildman–Crippen MR) is 147 cm³/mol. The van der Waals surface area contributed by atoms with Crippen LogP contribution in [0.2, 0.25) is 0 Å². The van der Waals surface area contributed by atoms with Crippen molar-refractivity contribution in [2.75, 3.05) is 20.6 Å². The zero-order valence-electron chi connectivity index (χ0n) is 20.1. The molecule has 0 aliphatic carbocycles. The Morgan fingerprint density at radius 3 is 2.57 bits per heavy atom. The van der Waals surface area contributed by atoms with Gasteiger partial charge in [-0.2, -0.15) is 5.10 Å². The molecule has 1 saturated heterocycles. The molecule has 0 unspecified atom stereocenters. The maximum atomic E-state index is 13.1. The van der Waals surface area contributed by atoms with Gasteiger partial charge in [0.25, 0.3) is 5.91 Å². The molecule has 1 aliphatic heterocycles. The largest absolute Gasteiger partial charge is 0.481 e. The van der Waals surface area contributed by atoms with Crippen molar-refractivity contribution < 1.29 is 23.1 Å². The SMILES string of the molecule is CN(C)S(=O)(=O)c1cccc(-c2nn(-c3ccccc3)cc2C=C2SC(=S)N(CCCC(=O)O)C2=O)c1. The minimum absolute atomic E-state index is 0.0592. The number of amides is 1. The standard InChI is InChI=1S/C25H24N4O5S3/c1-27(2)37(33,34)20-11-6-8-17(14-20)23-18(16-29(26-23)19-9-4-3-5-10-19)15-21-24(32)28(25(35)36-21)13-7-12-22(30)31/h3-6,8-11,14-16H,7,12-13H2,1-2H3,(H,30,31). The van der Waals surface area contributed by atoms with E-state index in [0.717, 1.165) is 21.8 Å². The number of aliphatic carboxylic acids is 1. The Morgan fingerprint density at radius 2 is 1.89 bits per heavy atom. The molecule has 1 fully saturated rings. The van der Waals surface area contributed by atoms with Crippen molar-refractivity contribution in [3.8, 4) is 16.9 Å². The molecular weight excluding hydrogens is 532 g/mol. The lowest BCUT2D eigenvalue weighted by atomic mass is 10.1. The molecule has 0 saturated carbocycles. The molecule has 1 aliphatic rings. The van der Waals surface area contributed by atoms with Crippen LogP contribution in [0.5, 0.6) is 0 Å². The molecule has 2 aromatic carbocycles. The van der Waals surface area contributed by atoms with Crippen LogP contribution >= 0.6 is 24.0 Å². The average molecular weight is 557 g/mol. The number of aromatic nitrogens is 2. The Bertz CT molecular complexity index is 1500. The van der Waals surface area contributed by atoms with Crippen molar-refractivity contribution >= 4 is 56.3 Å². The van der Waals surface area contributed by atoms with Crippen LogP contribution in [0.15, 0.2) is 70.6 Å². The lowest BCUT2D eigenvalue weighted by Crippen LogP contribution is -2.29. The molecule has 192 valence electrons. The molecule has 0 radical (unpaired) electrons. The van der Waals surface area contributed by atoms with Crippen molar-refractivity contribution in [2.45, 2.75) is 17.7 Å². The maximum absolute atomic E-state index is 13.1. The van der Waals surface area contributed by atoms with Gasteiger partial charge in [-0.05, 0) is 36.8 Å². The monoisotopic (exact) mass is 556 g/mol. The number of thiocarbonyl (C=S) groups is 1. The van der Waals surface area contributed by atoms with E-state index in [0.29, 0.717) is 32.5 Å². The number of carbonyl (C=O) groups excluding carboxylic acids is 1. The van der Waals surface area contributed by atoms with Crippen LogP contribution in [0, 0.1) is 0 Å². The molecule has 0 atom stereocenters. The van der Waals surface area contributed by atoms with E-state index in [1.807, 2.05) is 30.3 Å². The van der Waals surface area contributed by atoms with Crippen LogP contribution in [-0.4, -0.2) is 69.3 Å². The number of rotatable bonds is 9. The fraction of sp³-hybridized carbons (Fsp3) is 0.200. The summed E-state index contributed by atoms with van der Waals surface area (Å²) in [6.45, 7) is 0.217. The van der Waals surface area contributed by atoms with E-state index >= 15 is 0 Å². The van der Waals surface area contributed by atoms with Crippen molar-refractivity contribution in [2.24, 2.45) is 0 Å². The van der Waals surface area contributed by atoms with Gasteiger partial charge >= 0.3 is 5.97 Å². The number of para-hydroxylation sites is 1. The molecule has 3 aromatic rings. The quantitative estimate of drug-likeness (QED) is 0.312. The first-order valence-electron chi connectivity index (χ1n) is 11.2. The van der Waals surface area contributed by atoms with E-state index in [-0.39, 0.29) is 23.8 Å². The van der Waals surface area contributed by atoms with Crippen molar-refractivity contribution in [3.05, 3.63) is 71.3 Å². The third-order valence-electron chi connectivity index (χ3n) is 5.58. The second-order valence-corrected chi connectivity index (χ2v) is 12.2. The number of carbonyl (C=O) groups is 2. The van der Waals surface area contributed by atoms with Gasteiger partial charge in [0.2, 0.25) is 10.0 Å². The number of thioether (sulfide) groups is 1. The Morgan fingerprint density at radius 1 is 1.16 bits per heavy atom. The van der Waals surface area contributed by atoms with Gasteiger partial charge in [0.1, 0.15) is 10.0 Å². The fourth-order valence-corrected chi connectivity index (χ4v) is 5.91. The van der Waals surface area contributed by atoms with Crippen LogP contribution in [0.3, 0.4) is 0 Å². The first kappa shape index (κ1) is 26.7. The summed E-state index contributed by atoms with van der Waals surface area (Å²) < 4.78 is 28.6. The van der Waals surface area contributed by atoms with Gasteiger partial charge in [0, 0.05) is 44.4 Å². The summed E-state index contributed by atoms with van der Waals surface area (Å²) in [5.74, 6) is -1.24. The summed E-state index contributed by atoms with van der Waals surface area (Å²) in [4.78, 5) is 25.8. The summed E-state index contributed by atoms with van der Waals surface area (Å²) in [6, 6.07) is 15.9. The molecule has 1 amide bonds. The van der Waals surface area contributed by atoms with Gasteiger partial charge in [-0.1, -0.05) is 54.3 Å². The van der Waals surface area contributed by atoms with Gasteiger partial charge in [0.15, 0.2) is 0 Å². The molecule has 0 bridgehead atoms. The molecule has 37 heavy (non-hydrogen) atoms. The molecule has 12 heteroatoms. The Hall–Kier alpha value is -3.32. The zero-order valence-corrected chi connectivity index (χ0v) is 22.5. The first-order chi connectivity index (χ1) is 17.6. The summed E-state index contributed by atoms with van der Waals surface area (Å²) in [5, 5.41) is 13.6. The lowest BCUT2D eigenvalue weighted by Gasteiger charge is -2.13. The predicted octanol–water partition coefficient (Wildman–Crippen LogP) is 3.86. The summed E-state index contributed by atoms with van der Waals surface area (Å²) in [6.07, 6.45) is 3.69. The van der Waals surface area contributed by atoms with Crippen molar-refractivity contribution in [1.82, 2.24) is 19.0 Å². The minimum Gasteiger partial charge on any atom is -0.481 e. The van der Waals surface area contributed by atoms with E-state index in [1.165, 1.54) is 25.1 Å². The highest BCUT2D eigenvalue weighted by Gasteiger charge is 2.32. The van der Waals surface area contributed by atoms with Crippen LogP contribution in [0.25, 0.3) is 23.0 Å². The highest BCUT2D eigenvalue weighted by atomic mass is 32.2. The van der Waals surface area contributed by atoms with E-state index in [1.54, 1.807) is 35.2 Å². The molecular formula is C25H24N4O5S3. The Balaban J connectivity index is 1.76. The molecule has 1 N–H and O–H groups in total. The summed E-state index contributed by atoms with van der Waals surface area (Å²) >= 11 is 6.51. The number of hydrogen-bond donors (Lipinski definition) is 1. The number of carboxylic acids is 1. The van der Waals surface area contributed by atoms with Gasteiger partial charge in [-0.15, -0.1) is 0 Å². The van der Waals surface area contributed by atoms with Crippen LogP contribution in [-0.2, 0) is 19.6 Å². The third-order valence-corrected chi connectivity index (χ3v) is 8.77. The minimum atomic E-state index is -3.67. The number of sulfonamides is 1. The summed E-state index contributed by atoms with van der Waals surface area (Å²) in [7, 11) is -0.730. The van der Waals surface area contributed by atoms with Crippen LogP contribution < -0.4 is 0 Å². The van der Waals surface area contributed by atoms with Crippen molar-refractivity contribution in [1.29, 1.82) is 0 Å². The lowest BCUT2D eigenvalue weighted by molar-refractivity contribution is -0.137. The van der Waals surface area contributed by atoms with E-state index < -0.39 is 16.0 Å². The van der Waals surface area contributed by atoms with Gasteiger partial charge in [-0.3, -0.25) is 14.5 Å². The Kier molecular flexibility index (Phi) is 7.93. The number of carboxylic acid groups (broad SMARTS) is 1. The highest BCUT2D eigenvalue weighted by Crippen LogP contribution is 2.35. The maximum Gasteiger partial charge on any atom is 0.303 e. The van der Waals surface area contributed by atoms with E-state index in [2.05, 4.69) is 0 Å². The number of hydrogen-bond acceptors (Lipinski definition) is 7. The molecule has 0 spiro atoms. The van der Waals surface area contributed by atoms with Crippen LogP contribution in [0.4, 0.5) is 0 Å². The van der Waals surface area contributed by atoms with E-state index in [4.69, 9.17) is 22.4 Å². The molecule has 1 aromatic heterocycles. The number of nitrogens with zero attached hydrogens (tertiary/aromatic N) is 4. The Labute approximate surface area is 224 Å². The van der Waals surface area contributed by atoms with Gasteiger partial charge in [-0.25, -0.2) is 17.4 Å². The zero-order chi connectivity index (χ0) is 26.7. The first-order valence-corrected chi connectivity index (χ1v) is 13.9. The number of benzene rings is 2. The average Bonchev–Trinajstić information content (AvgIpc) is 3.40. The van der Waals surface area contributed by atoms with Gasteiger partial charge < -0.3 is 5.11 Å². The topological polar surface area (TPSA) is 113 Å². The second-order valence-electron chi connectivity index (χ2n) is 8.36. The highest BCUT2D eigenvalue weighted by molar-refractivity contribution is 8.26. The third kappa shape index (κ3) is 5.82. The van der Waals surface area contributed by atoms with Crippen LogP contribution in [0.1, 0.15) is 18.4 Å². The molecule has 9 nitrogen and oxygen atoms in total. The fourth-order valence-electron chi connectivity index (χ4n) is 3.67. The second kappa shape index (κ2) is 11.0. The van der Waals surface area contributed by atoms with Gasteiger partial charge in [0.05, 0.1) is 15.5 Å². The molecule has 4 rings (SSSR count). The molecule has 2 heterocycles.